The van der Waals surface area contributed by atoms with Crippen molar-refractivity contribution >= 4 is 15.7 Å². The summed E-state index contributed by atoms with van der Waals surface area (Å²) < 4.78 is 27.1. The van der Waals surface area contributed by atoms with Crippen LogP contribution < -0.4 is 10.5 Å². The summed E-state index contributed by atoms with van der Waals surface area (Å²) in [5.41, 5.74) is 7.86. The predicted molar refractivity (Wildman–Crippen MR) is 83.5 cm³/mol. The number of nitrogens with one attached hydrogen (secondary N) is 1. The number of aromatic nitrogens is 1. The number of nitrogens with two attached hydrogens (primary N) is 1. The Morgan fingerprint density at radius 3 is 2.57 bits per heavy atom. The number of pyridine rings is 1. The lowest BCUT2D eigenvalue weighted by atomic mass is 10.0. The Hall–Kier alpha value is -1.92. The SMILES string of the molecule is CC(C)c1cccc(NS(=O)(=O)c2ccc(CN)cn2)c1. The van der Waals surface area contributed by atoms with Gasteiger partial charge in [0, 0.05) is 18.4 Å². The molecule has 0 atom stereocenters. The van der Waals surface area contributed by atoms with Crippen molar-refractivity contribution < 1.29 is 8.42 Å². The Balaban J connectivity index is 2.26. The van der Waals surface area contributed by atoms with E-state index in [0.717, 1.165) is 11.1 Å². The maximum Gasteiger partial charge on any atom is 0.279 e. The van der Waals surface area contributed by atoms with Crippen LogP contribution in [0.3, 0.4) is 0 Å². The summed E-state index contributed by atoms with van der Waals surface area (Å²) in [4.78, 5) is 3.94. The van der Waals surface area contributed by atoms with Crippen LogP contribution in [-0.2, 0) is 16.6 Å². The van der Waals surface area contributed by atoms with Crippen LogP contribution in [0.25, 0.3) is 0 Å². The number of nitrogens with zero attached hydrogens (tertiary/aromatic N) is 1. The van der Waals surface area contributed by atoms with Gasteiger partial charge in [0.15, 0.2) is 5.03 Å². The summed E-state index contributed by atoms with van der Waals surface area (Å²) in [6, 6.07) is 10.5. The largest absolute Gasteiger partial charge is 0.326 e. The molecule has 1 aromatic heterocycles. The average Bonchev–Trinajstić information content (AvgIpc) is 2.47. The van der Waals surface area contributed by atoms with Gasteiger partial charge in [0.05, 0.1) is 0 Å². The second-order valence-electron chi connectivity index (χ2n) is 5.09. The van der Waals surface area contributed by atoms with E-state index in [2.05, 4.69) is 23.6 Å². The zero-order valence-corrected chi connectivity index (χ0v) is 12.9. The van der Waals surface area contributed by atoms with Gasteiger partial charge in [-0.05, 0) is 35.2 Å². The van der Waals surface area contributed by atoms with Gasteiger partial charge in [0.2, 0.25) is 0 Å². The Labute approximate surface area is 125 Å². The lowest BCUT2D eigenvalue weighted by molar-refractivity contribution is 0.597. The molecule has 0 aliphatic rings. The third-order valence-corrected chi connectivity index (χ3v) is 4.41. The van der Waals surface area contributed by atoms with E-state index in [1.165, 1.54) is 12.3 Å². The topological polar surface area (TPSA) is 85.1 Å². The van der Waals surface area contributed by atoms with E-state index in [4.69, 9.17) is 5.73 Å². The minimum atomic E-state index is -3.68. The molecule has 112 valence electrons. The van der Waals surface area contributed by atoms with Crippen molar-refractivity contribution in [3.63, 3.8) is 0 Å². The highest BCUT2D eigenvalue weighted by atomic mass is 32.2. The van der Waals surface area contributed by atoms with Crippen LogP contribution in [0.1, 0.15) is 30.9 Å². The Bertz CT molecular complexity index is 710. The fourth-order valence-electron chi connectivity index (χ4n) is 1.86. The summed E-state index contributed by atoms with van der Waals surface area (Å²) in [6.07, 6.45) is 1.47. The van der Waals surface area contributed by atoms with Crippen LogP contribution in [0.5, 0.6) is 0 Å². The molecule has 0 saturated carbocycles. The maximum atomic E-state index is 12.3. The second-order valence-corrected chi connectivity index (χ2v) is 6.72. The molecule has 0 radical (unpaired) electrons. The van der Waals surface area contributed by atoms with E-state index in [9.17, 15) is 8.42 Å². The van der Waals surface area contributed by atoms with Gasteiger partial charge in [-0.2, -0.15) is 8.42 Å². The molecule has 2 aromatic rings. The monoisotopic (exact) mass is 305 g/mol. The summed E-state index contributed by atoms with van der Waals surface area (Å²) in [7, 11) is -3.68. The van der Waals surface area contributed by atoms with Crippen LogP contribution in [-0.4, -0.2) is 13.4 Å². The molecular weight excluding hydrogens is 286 g/mol. The molecule has 5 nitrogen and oxygen atoms in total. The second kappa shape index (κ2) is 6.24. The molecule has 0 aliphatic heterocycles. The molecule has 0 spiro atoms. The van der Waals surface area contributed by atoms with Crippen molar-refractivity contribution in [3.8, 4) is 0 Å². The molecule has 0 bridgehead atoms. The van der Waals surface area contributed by atoms with Crippen LogP contribution in [0.15, 0.2) is 47.6 Å². The van der Waals surface area contributed by atoms with E-state index < -0.39 is 10.0 Å². The Morgan fingerprint density at radius 1 is 1.24 bits per heavy atom. The normalized spacial score (nSPS) is 11.6. The highest BCUT2D eigenvalue weighted by molar-refractivity contribution is 7.92. The number of rotatable bonds is 5. The standard InChI is InChI=1S/C15H19N3O2S/c1-11(2)13-4-3-5-14(8-13)18-21(19,20)15-7-6-12(9-16)10-17-15/h3-8,10-11,18H,9,16H2,1-2H3. The molecule has 1 aromatic carbocycles. The molecule has 1 heterocycles. The maximum absolute atomic E-state index is 12.3. The van der Waals surface area contributed by atoms with Gasteiger partial charge in [-0.15, -0.1) is 0 Å². The van der Waals surface area contributed by atoms with E-state index in [1.807, 2.05) is 18.2 Å². The first-order valence-electron chi connectivity index (χ1n) is 6.70. The molecule has 0 fully saturated rings. The molecule has 0 amide bonds. The van der Waals surface area contributed by atoms with Gasteiger partial charge < -0.3 is 5.73 Å². The number of hydrogen-bond donors (Lipinski definition) is 2. The highest BCUT2D eigenvalue weighted by Crippen LogP contribution is 2.20. The zero-order chi connectivity index (χ0) is 15.5. The number of anilines is 1. The number of benzene rings is 1. The van der Waals surface area contributed by atoms with Crippen LogP contribution >= 0.6 is 0 Å². The third-order valence-electron chi connectivity index (χ3n) is 3.11. The average molecular weight is 305 g/mol. The van der Waals surface area contributed by atoms with Crippen molar-refractivity contribution in [2.24, 2.45) is 5.73 Å². The molecule has 0 aliphatic carbocycles. The minimum Gasteiger partial charge on any atom is -0.326 e. The van der Waals surface area contributed by atoms with Crippen molar-refractivity contribution in [3.05, 3.63) is 53.7 Å². The van der Waals surface area contributed by atoms with Crippen molar-refractivity contribution in [1.29, 1.82) is 0 Å². The van der Waals surface area contributed by atoms with Gasteiger partial charge in [0.25, 0.3) is 10.0 Å². The van der Waals surface area contributed by atoms with Crippen LogP contribution in [0.4, 0.5) is 5.69 Å². The molecule has 0 unspecified atom stereocenters. The quantitative estimate of drug-likeness (QED) is 0.888. The number of sulfonamides is 1. The van der Waals surface area contributed by atoms with E-state index in [1.54, 1.807) is 12.1 Å². The van der Waals surface area contributed by atoms with E-state index in [0.29, 0.717) is 18.2 Å². The van der Waals surface area contributed by atoms with Crippen LogP contribution in [0.2, 0.25) is 0 Å². The summed E-state index contributed by atoms with van der Waals surface area (Å²) in [6.45, 7) is 4.44. The summed E-state index contributed by atoms with van der Waals surface area (Å²) in [5, 5.41) is -0.0188. The number of hydrogen-bond acceptors (Lipinski definition) is 4. The van der Waals surface area contributed by atoms with Crippen molar-refractivity contribution in [2.75, 3.05) is 4.72 Å². The molecule has 2 rings (SSSR count). The molecule has 6 heteroatoms. The highest BCUT2D eigenvalue weighted by Gasteiger charge is 2.16. The Morgan fingerprint density at radius 2 is 2.00 bits per heavy atom. The van der Waals surface area contributed by atoms with E-state index >= 15 is 0 Å². The van der Waals surface area contributed by atoms with Gasteiger partial charge in [0.1, 0.15) is 0 Å². The molecule has 21 heavy (non-hydrogen) atoms. The Kier molecular flexibility index (Phi) is 4.59. The minimum absolute atomic E-state index is 0.0188. The van der Waals surface area contributed by atoms with Crippen molar-refractivity contribution in [2.45, 2.75) is 31.3 Å². The summed E-state index contributed by atoms with van der Waals surface area (Å²) in [5.74, 6) is 0.330. The van der Waals surface area contributed by atoms with Gasteiger partial charge >= 0.3 is 0 Å². The smallest absolute Gasteiger partial charge is 0.279 e. The molecular formula is C15H19N3O2S. The first kappa shape index (κ1) is 15.5. The van der Waals surface area contributed by atoms with Gasteiger partial charge in [-0.1, -0.05) is 32.0 Å². The lowest BCUT2D eigenvalue weighted by Crippen LogP contribution is -2.15. The predicted octanol–water partition coefficient (Wildman–Crippen LogP) is 2.46. The van der Waals surface area contributed by atoms with E-state index in [-0.39, 0.29) is 5.03 Å². The third kappa shape index (κ3) is 3.80. The summed E-state index contributed by atoms with van der Waals surface area (Å²) >= 11 is 0. The first-order valence-corrected chi connectivity index (χ1v) is 8.18. The van der Waals surface area contributed by atoms with Gasteiger partial charge in [-0.3, -0.25) is 4.72 Å². The fraction of sp³-hybridized carbons (Fsp3) is 0.267. The lowest BCUT2D eigenvalue weighted by Gasteiger charge is -2.11. The van der Waals surface area contributed by atoms with Crippen molar-refractivity contribution in [1.82, 2.24) is 4.98 Å². The fourth-order valence-corrected chi connectivity index (χ4v) is 2.84. The molecule has 3 N–H and O–H groups in total. The van der Waals surface area contributed by atoms with Crippen LogP contribution in [0, 0.1) is 0 Å². The zero-order valence-electron chi connectivity index (χ0n) is 12.1. The van der Waals surface area contributed by atoms with Gasteiger partial charge in [-0.25, -0.2) is 4.98 Å². The molecule has 0 saturated heterocycles. The first-order chi connectivity index (χ1) is 9.92.